The molecule has 0 fully saturated rings. The van der Waals surface area contributed by atoms with Crippen molar-refractivity contribution in [3.63, 3.8) is 0 Å². The van der Waals surface area contributed by atoms with Gasteiger partial charge in [-0.25, -0.2) is 19.9 Å². The summed E-state index contributed by atoms with van der Waals surface area (Å²) in [5.41, 5.74) is 9.66. The number of carboxylic acid groups (broad SMARTS) is 1. The molecule has 17 nitrogen and oxygen atoms in total. The molecule has 0 amide bonds. The fourth-order valence-corrected chi connectivity index (χ4v) is 16.4. The Morgan fingerprint density at radius 1 is 0.537 bits per heavy atom. The minimum absolute atomic E-state index is 0.0822. The zero-order valence-electron chi connectivity index (χ0n) is 65.5. The van der Waals surface area contributed by atoms with E-state index in [0.717, 1.165) is 81.2 Å². The molecule has 2 aliphatic rings. The lowest BCUT2D eigenvalue weighted by molar-refractivity contribution is -0.162. The summed E-state index contributed by atoms with van der Waals surface area (Å²) in [7, 11) is 1.10. The minimum atomic E-state index is -4.64. The number of isothiocyanates is 1. The van der Waals surface area contributed by atoms with Gasteiger partial charge in [0.1, 0.15) is 0 Å². The van der Waals surface area contributed by atoms with Crippen LogP contribution in [0.3, 0.4) is 0 Å². The number of alkyl halides is 6. The van der Waals surface area contributed by atoms with Crippen LogP contribution in [0.1, 0.15) is 112 Å². The molecule has 2 unspecified atom stereocenters. The molecule has 0 radical (unpaired) electrons. The number of rotatable bonds is 18. The van der Waals surface area contributed by atoms with Crippen molar-refractivity contribution in [3.05, 3.63) is 268 Å². The number of aliphatic carboxylic acids is 1. The molecule has 0 saturated heterocycles. The van der Waals surface area contributed by atoms with Gasteiger partial charge in [0.25, 0.3) is 0 Å². The highest BCUT2D eigenvalue weighted by Gasteiger charge is 2.52. The predicted molar refractivity (Wildman–Crippen MR) is 498 cm³/mol. The van der Waals surface area contributed by atoms with E-state index < -0.39 is 72.4 Å². The highest BCUT2D eigenvalue weighted by molar-refractivity contribution is 9.11. The van der Waals surface area contributed by atoms with Gasteiger partial charge in [0.2, 0.25) is 0 Å². The number of hydrogen-bond donors (Lipinski definition) is 7. The summed E-state index contributed by atoms with van der Waals surface area (Å²) in [5.74, 6) is -3.68. The van der Waals surface area contributed by atoms with Crippen molar-refractivity contribution in [1.29, 1.82) is 0 Å². The SMILES string of the molecule is CC.CC.CC.COC(=O)CC1(CC(F)(F)F)CCc2cc(-c3cnc(Nc4cccc(Cl)c4)s3)ccc2C1=O.Clc1cccc(Nc2ncc(Br)s2)c1.Clc1cccc(Nc2nccs2)c1.NC(=S)Nc1cccc(Cl)c1.O=C(O)CC1(CC(F)(F)F)CCc2cc(-c3cnc(Nc4cccc(Cl)c4)s3)ccc2C1=O.S=C=Nc1cccc(Cl)c1. The molecular formula is C85H80BrCl6F6N11O6S6. The number of nitrogens with one attached hydrogen (secondary N) is 5. The molecule has 0 aliphatic heterocycles. The lowest BCUT2D eigenvalue weighted by Gasteiger charge is -2.36. The third-order valence-corrected chi connectivity index (χ3v) is 22.2. The number of esters is 1. The summed E-state index contributed by atoms with van der Waals surface area (Å²) in [4.78, 5) is 71.8. The Bertz CT molecular complexity index is 5450. The molecule has 121 heavy (non-hydrogen) atoms. The Morgan fingerprint density at radius 3 is 1.26 bits per heavy atom. The Hall–Kier alpha value is -8.95. The van der Waals surface area contributed by atoms with Crippen molar-refractivity contribution in [2.24, 2.45) is 21.6 Å². The summed E-state index contributed by atoms with van der Waals surface area (Å²) >= 11 is 53.3. The summed E-state index contributed by atoms with van der Waals surface area (Å²) in [6, 6.07) is 53.8. The molecule has 12 aromatic rings. The van der Waals surface area contributed by atoms with Crippen molar-refractivity contribution in [2.75, 3.05) is 33.7 Å². The number of benzene rings is 8. The van der Waals surface area contributed by atoms with Gasteiger partial charge in [-0.2, -0.15) is 31.3 Å². The largest absolute Gasteiger partial charge is 0.481 e. The molecule has 14 rings (SSSR count). The van der Waals surface area contributed by atoms with Gasteiger partial charge < -0.3 is 42.2 Å². The van der Waals surface area contributed by atoms with Gasteiger partial charge in [-0.15, -0.1) is 11.3 Å². The van der Waals surface area contributed by atoms with Crippen molar-refractivity contribution >= 4 is 244 Å². The minimum Gasteiger partial charge on any atom is -0.481 e. The van der Waals surface area contributed by atoms with E-state index in [4.69, 9.17) is 75.3 Å². The normalized spacial score (nSPS) is 13.9. The molecule has 2 aliphatic carbocycles. The molecule has 8 N–H and O–H groups in total. The predicted octanol–water partition coefficient (Wildman–Crippen LogP) is 29.6. The van der Waals surface area contributed by atoms with Crippen molar-refractivity contribution in [1.82, 2.24) is 19.9 Å². The summed E-state index contributed by atoms with van der Waals surface area (Å²) in [6.07, 6.45) is -6.42. The number of nitrogens with zero attached hydrogens (tertiary/aromatic N) is 5. The quantitative estimate of drug-likeness (QED) is 0.0183. The zero-order valence-corrected chi connectivity index (χ0v) is 76.5. The average Bonchev–Trinajstić information content (AvgIpc) is 1.25. The van der Waals surface area contributed by atoms with Gasteiger partial charge in [0, 0.05) is 93.7 Å². The molecular weight excluding hydrogens is 1870 g/mol. The number of halogens is 13. The maximum Gasteiger partial charge on any atom is 0.390 e. The number of aliphatic imine (C=N–C) groups is 1. The van der Waals surface area contributed by atoms with Gasteiger partial charge in [-0.05, 0) is 210 Å². The smallest absolute Gasteiger partial charge is 0.390 e. The van der Waals surface area contributed by atoms with E-state index in [0.29, 0.717) is 46.5 Å². The van der Waals surface area contributed by atoms with Gasteiger partial charge in [0.05, 0.1) is 74.2 Å². The van der Waals surface area contributed by atoms with Gasteiger partial charge in [-0.1, -0.05) is 206 Å². The number of thiocarbonyl (C=S) groups is 2. The molecule has 4 heterocycles. The number of carbonyl (C=O) groups is 4. The van der Waals surface area contributed by atoms with Crippen LogP contribution in [0.4, 0.5) is 81.0 Å². The molecule has 0 saturated carbocycles. The number of aryl methyl sites for hydroxylation is 2. The summed E-state index contributed by atoms with van der Waals surface area (Å²) in [5, 5.41) is 35.9. The topological polar surface area (TPSA) is 248 Å². The number of fused-ring (bicyclic) bond motifs is 2. The average molecular weight is 1950 g/mol. The van der Waals surface area contributed by atoms with Crippen LogP contribution >= 0.6 is 155 Å². The number of aromatic nitrogens is 4. The number of Topliss-reactive ketones (excluding diaryl/α,β-unsaturated/α-hetero) is 2. The van der Waals surface area contributed by atoms with E-state index in [1.165, 1.54) is 40.1 Å². The Labute approximate surface area is 762 Å². The van der Waals surface area contributed by atoms with E-state index in [-0.39, 0.29) is 41.9 Å². The van der Waals surface area contributed by atoms with E-state index >= 15 is 0 Å². The van der Waals surface area contributed by atoms with Gasteiger partial charge >= 0.3 is 24.3 Å². The zero-order chi connectivity index (χ0) is 89.0. The standard InChI is InChI=1S/C24H20ClF3N2O3S.C23H18ClF3N2O3S.C9H6BrClN2S.C9H7ClN2S.C7H7ClN2S.C7H4ClNS.3C2H6/c1-33-20(31)11-23(13-24(26,27)28)8-7-14-9-15(5-6-18(14)21(23)32)19-12-29-22(34-19)30-17-4-2-3-16(25)10-17;24-15-2-1-3-16(9-15)29-21-28-11-18(33-21)14-4-5-17-13(8-14)6-7-22(20(17)32,10-19(30)31)12-23(25,26)27;10-8-5-12-9(14-8)13-7-3-1-2-6(11)4-7;10-7-2-1-3-8(6-7)12-9-11-4-5-13-9;8-5-2-1-3-6(4-5)10-7(9)11;8-6-2-1-3-7(4-6)9-5-10;3*1-2/h2-6,9-10,12H,7-8,11,13H2,1H3,(H,29,30);1-5,8-9,11H,6-7,10,12H2,(H,28,29)(H,30,31);1-5H,(H,12,13);1-6H,(H,11,12);1-4H,(H3,9,10,11);1-4H;3*1-2H3. The second-order valence-corrected chi connectivity index (χ2v) is 33.6. The first-order valence-corrected chi connectivity index (χ1v) is 43.9. The number of ketones is 2. The third kappa shape index (κ3) is 33.7. The molecule has 0 bridgehead atoms. The monoisotopic (exact) mass is 1950 g/mol. The van der Waals surface area contributed by atoms with Crippen LogP contribution in [-0.4, -0.2) is 78.3 Å². The number of carbonyl (C=O) groups excluding carboxylic acids is 3. The number of thiazole rings is 4. The van der Waals surface area contributed by atoms with Crippen LogP contribution in [0.5, 0.6) is 0 Å². The summed E-state index contributed by atoms with van der Waals surface area (Å²) in [6.45, 7) is 12.0. The fraction of sp³-hybridized carbons (Fsp3) is 0.224. The molecule has 2 atom stereocenters. The van der Waals surface area contributed by atoms with Crippen molar-refractivity contribution in [2.45, 2.75) is 105 Å². The highest BCUT2D eigenvalue weighted by atomic mass is 79.9. The Balaban J connectivity index is 0.000000238. The first-order valence-electron chi connectivity index (χ1n) is 36.7. The van der Waals surface area contributed by atoms with Crippen LogP contribution < -0.4 is 32.3 Å². The highest BCUT2D eigenvalue weighted by Crippen LogP contribution is 2.49. The van der Waals surface area contributed by atoms with Gasteiger partial charge in [0.15, 0.2) is 37.2 Å². The first-order chi connectivity index (χ1) is 57.7. The second-order valence-electron chi connectivity index (χ2n) is 25.0. The molecule has 0 spiro atoms. The van der Waals surface area contributed by atoms with E-state index in [1.807, 2.05) is 144 Å². The van der Waals surface area contributed by atoms with Crippen LogP contribution in [-0.2, 0) is 27.2 Å². The lowest BCUT2D eigenvalue weighted by atomic mass is 9.66. The fourth-order valence-electron chi connectivity index (χ4n) is 11.7. The number of anilines is 9. The Morgan fingerprint density at radius 2 is 0.909 bits per heavy atom. The summed E-state index contributed by atoms with van der Waals surface area (Å²) < 4.78 is 85.1. The molecule has 36 heteroatoms. The van der Waals surface area contributed by atoms with E-state index in [2.05, 4.69) is 102 Å². The number of ether oxygens (including phenoxy) is 1. The van der Waals surface area contributed by atoms with E-state index in [1.54, 1.807) is 115 Å². The Kier molecular flexibility index (Phi) is 41.7. The van der Waals surface area contributed by atoms with Crippen LogP contribution in [0, 0.1) is 10.8 Å². The van der Waals surface area contributed by atoms with Crippen molar-refractivity contribution < 1.29 is 55.4 Å². The van der Waals surface area contributed by atoms with Crippen LogP contribution in [0.15, 0.2) is 221 Å². The molecule has 638 valence electrons. The first kappa shape index (κ1) is 101. The number of carboxylic acids is 1. The molecule has 4 aromatic heterocycles. The van der Waals surface area contributed by atoms with Crippen molar-refractivity contribution in [3.8, 4) is 20.9 Å². The van der Waals surface area contributed by atoms with Crippen LogP contribution in [0.25, 0.3) is 20.9 Å². The molecule has 8 aromatic carbocycles. The van der Waals surface area contributed by atoms with E-state index in [9.17, 15) is 50.6 Å². The van der Waals surface area contributed by atoms with Gasteiger partial charge in [-0.3, -0.25) is 19.2 Å². The maximum absolute atomic E-state index is 13.3. The third-order valence-electron chi connectivity index (χ3n) is 16.6. The maximum atomic E-state index is 13.3. The number of nitrogens with two attached hydrogens (primary N) is 1. The lowest BCUT2D eigenvalue weighted by Crippen LogP contribution is -2.41. The second kappa shape index (κ2) is 50.0. The number of hydrogen-bond acceptors (Lipinski definition) is 20. The number of methoxy groups -OCH3 is 1. The van der Waals surface area contributed by atoms with Crippen LogP contribution in [0.2, 0.25) is 30.1 Å².